The summed E-state index contributed by atoms with van der Waals surface area (Å²) in [6.45, 7) is 3.93. The molecule has 5 heteroatoms. The lowest BCUT2D eigenvalue weighted by molar-refractivity contribution is 0.0695. The van der Waals surface area contributed by atoms with Crippen LogP contribution in [0.1, 0.15) is 39.6 Å². The maximum absolute atomic E-state index is 11.0. The molecule has 92 valence electrons. The van der Waals surface area contributed by atoms with Gasteiger partial charge in [0.25, 0.3) is 0 Å². The zero-order chi connectivity index (χ0) is 13.0. The van der Waals surface area contributed by atoms with Gasteiger partial charge in [-0.1, -0.05) is 6.92 Å². The van der Waals surface area contributed by atoms with Crippen molar-refractivity contribution in [1.29, 1.82) is 0 Å². The Morgan fingerprint density at radius 3 is 2.35 bits per heavy atom. The van der Waals surface area contributed by atoms with E-state index >= 15 is 0 Å². The van der Waals surface area contributed by atoms with Crippen molar-refractivity contribution in [2.75, 3.05) is 6.61 Å². The van der Waals surface area contributed by atoms with E-state index in [9.17, 15) is 9.59 Å². The normalized spacial score (nSPS) is 10.0. The molecule has 0 heterocycles. The van der Waals surface area contributed by atoms with Gasteiger partial charge in [-0.3, -0.25) is 0 Å². The summed E-state index contributed by atoms with van der Waals surface area (Å²) in [5, 5.41) is 17.9. The number of carboxylic acids is 2. The van der Waals surface area contributed by atoms with E-state index < -0.39 is 11.9 Å². The van der Waals surface area contributed by atoms with Crippen LogP contribution in [0, 0.1) is 6.92 Å². The van der Waals surface area contributed by atoms with E-state index in [1.54, 1.807) is 6.92 Å². The number of benzene rings is 1. The predicted octanol–water partition coefficient (Wildman–Crippen LogP) is 2.18. The molecule has 1 aromatic carbocycles. The van der Waals surface area contributed by atoms with E-state index in [0.717, 1.165) is 12.5 Å². The standard InChI is InChI=1S/C12H14O5/c1-3-4-17-10-6-8(11(13)14)5-9(7(10)2)12(15)16/h5-6H,3-4H2,1-2H3,(H,13,14)(H,15,16). The molecule has 0 saturated heterocycles. The fourth-order valence-electron chi connectivity index (χ4n) is 1.40. The number of hydrogen-bond donors (Lipinski definition) is 2. The van der Waals surface area contributed by atoms with Crippen LogP contribution in [0.2, 0.25) is 0 Å². The fourth-order valence-corrected chi connectivity index (χ4v) is 1.40. The van der Waals surface area contributed by atoms with Gasteiger partial charge in [0.05, 0.1) is 17.7 Å². The molecule has 0 amide bonds. The summed E-state index contributed by atoms with van der Waals surface area (Å²) in [5.41, 5.74) is 0.311. The average Bonchev–Trinajstić information content (AvgIpc) is 2.26. The smallest absolute Gasteiger partial charge is 0.336 e. The van der Waals surface area contributed by atoms with Gasteiger partial charge in [0.15, 0.2) is 0 Å². The van der Waals surface area contributed by atoms with Crippen LogP contribution in [-0.2, 0) is 0 Å². The first-order valence-electron chi connectivity index (χ1n) is 5.21. The highest BCUT2D eigenvalue weighted by atomic mass is 16.5. The van der Waals surface area contributed by atoms with Crippen LogP contribution < -0.4 is 4.74 Å². The Balaban J connectivity index is 3.27. The molecule has 0 unspecified atom stereocenters. The van der Waals surface area contributed by atoms with E-state index in [1.807, 2.05) is 6.92 Å². The topological polar surface area (TPSA) is 83.8 Å². The average molecular weight is 238 g/mol. The molecule has 0 aromatic heterocycles. The summed E-state index contributed by atoms with van der Waals surface area (Å²) in [5.74, 6) is -2.02. The van der Waals surface area contributed by atoms with Gasteiger partial charge in [-0.2, -0.15) is 0 Å². The van der Waals surface area contributed by atoms with Gasteiger partial charge in [-0.15, -0.1) is 0 Å². The van der Waals surface area contributed by atoms with Gasteiger partial charge >= 0.3 is 11.9 Å². The Bertz CT molecular complexity index is 450. The Morgan fingerprint density at radius 1 is 1.24 bits per heavy atom. The van der Waals surface area contributed by atoms with E-state index in [2.05, 4.69) is 0 Å². The Hall–Kier alpha value is -2.04. The SMILES string of the molecule is CCCOc1cc(C(=O)O)cc(C(=O)O)c1C. The minimum atomic E-state index is -1.17. The minimum absolute atomic E-state index is 0.0454. The fraction of sp³-hybridized carbons (Fsp3) is 0.333. The van der Waals surface area contributed by atoms with Crippen LogP contribution in [0.5, 0.6) is 5.75 Å². The summed E-state index contributed by atoms with van der Waals surface area (Å²) in [6.07, 6.45) is 0.763. The monoisotopic (exact) mass is 238 g/mol. The van der Waals surface area contributed by atoms with Gasteiger partial charge in [0.1, 0.15) is 5.75 Å². The minimum Gasteiger partial charge on any atom is -0.493 e. The molecular formula is C12H14O5. The molecule has 0 atom stereocenters. The van der Waals surface area contributed by atoms with E-state index in [4.69, 9.17) is 14.9 Å². The third kappa shape index (κ3) is 2.96. The van der Waals surface area contributed by atoms with Crippen molar-refractivity contribution in [2.24, 2.45) is 0 Å². The van der Waals surface area contributed by atoms with Gasteiger partial charge in [-0.05, 0) is 25.5 Å². The second-order valence-electron chi connectivity index (χ2n) is 3.61. The molecule has 2 N–H and O–H groups in total. The molecular weight excluding hydrogens is 224 g/mol. The Kier molecular flexibility index (Phi) is 4.09. The third-order valence-corrected chi connectivity index (χ3v) is 2.30. The number of aromatic carboxylic acids is 2. The molecule has 1 aromatic rings. The van der Waals surface area contributed by atoms with Crippen molar-refractivity contribution in [3.63, 3.8) is 0 Å². The summed E-state index contributed by atoms with van der Waals surface area (Å²) in [6, 6.07) is 2.48. The van der Waals surface area contributed by atoms with Gasteiger partial charge in [0.2, 0.25) is 0 Å². The Morgan fingerprint density at radius 2 is 1.88 bits per heavy atom. The zero-order valence-corrected chi connectivity index (χ0v) is 9.69. The summed E-state index contributed by atoms with van der Waals surface area (Å²) in [4.78, 5) is 21.8. The zero-order valence-electron chi connectivity index (χ0n) is 9.69. The number of rotatable bonds is 5. The highest BCUT2D eigenvalue weighted by Gasteiger charge is 2.16. The molecule has 0 spiro atoms. The molecule has 1 rings (SSSR count). The number of hydrogen-bond acceptors (Lipinski definition) is 3. The predicted molar refractivity (Wildman–Crippen MR) is 60.9 cm³/mol. The van der Waals surface area contributed by atoms with Crippen LogP contribution in [0.25, 0.3) is 0 Å². The van der Waals surface area contributed by atoms with Crippen LogP contribution in [0.15, 0.2) is 12.1 Å². The molecule has 0 fully saturated rings. The first kappa shape index (κ1) is 13.0. The van der Waals surface area contributed by atoms with E-state index in [0.29, 0.717) is 17.9 Å². The molecule has 5 nitrogen and oxygen atoms in total. The molecule has 0 bridgehead atoms. The van der Waals surface area contributed by atoms with Crippen LogP contribution >= 0.6 is 0 Å². The molecule has 0 aliphatic rings. The summed E-state index contributed by atoms with van der Waals surface area (Å²) in [7, 11) is 0. The van der Waals surface area contributed by atoms with Crippen molar-refractivity contribution >= 4 is 11.9 Å². The number of ether oxygens (including phenoxy) is 1. The lowest BCUT2D eigenvalue weighted by Gasteiger charge is -2.11. The van der Waals surface area contributed by atoms with Gasteiger partial charge in [-0.25, -0.2) is 9.59 Å². The second kappa shape index (κ2) is 5.34. The van der Waals surface area contributed by atoms with Gasteiger partial charge < -0.3 is 14.9 Å². The van der Waals surface area contributed by atoms with Gasteiger partial charge in [0, 0.05) is 5.56 Å². The molecule has 17 heavy (non-hydrogen) atoms. The second-order valence-corrected chi connectivity index (χ2v) is 3.61. The van der Waals surface area contributed by atoms with E-state index in [1.165, 1.54) is 6.07 Å². The van der Waals surface area contributed by atoms with Crippen molar-refractivity contribution in [2.45, 2.75) is 20.3 Å². The lowest BCUT2D eigenvalue weighted by atomic mass is 10.0. The third-order valence-electron chi connectivity index (χ3n) is 2.30. The summed E-state index contributed by atoms with van der Waals surface area (Å²) < 4.78 is 5.34. The molecule has 0 aliphatic heterocycles. The van der Waals surface area contributed by atoms with Crippen molar-refractivity contribution in [3.05, 3.63) is 28.8 Å². The maximum Gasteiger partial charge on any atom is 0.336 e. The first-order chi connectivity index (χ1) is 7.97. The number of carbonyl (C=O) groups is 2. The van der Waals surface area contributed by atoms with Crippen molar-refractivity contribution in [3.8, 4) is 5.75 Å². The molecule has 0 saturated carbocycles. The van der Waals surface area contributed by atoms with Crippen LogP contribution in [-0.4, -0.2) is 28.8 Å². The highest BCUT2D eigenvalue weighted by Crippen LogP contribution is 2.24. The quantitative estimate of drug-likeness (QED) is 0.821. The van der Waals surface area contributed by atoms with Crippen molar-refractivity contribution < 1.29 is 24.5 Å². The largest absolute Gasteiger partial charge is 0.493 e. The highest BCUT2D eigenvalue weighted by molar-refractivity contribution is 5.95. The molecule has 0 aliphatic carbocycles. The van der Waals surface area contributed by atoms with Crippen LogP contribution in [0.3, 0.4) is 0 Å². The maximum atomic E-state index is 11.0. The Labute approximate surface area is 98.6 Å². The van der Waals surface area contributed by atoms with Crippen molar-refractivity contribution in [1.82, 2.24) is 0 Å². The van der Waals surface area contributed by atoms with Crippen LogP contribution in [0.4, 0.5) is 0 Å². The van der Waals surface area contributed by atoms with E-state index in [-0.39, 0.29) is 11.1 Å². The molecule has 0 radical (unpaired) electrons. The number of carboxylic acid groups (broad SMARTS) is 2. The lowest BCUT2D eigenvalue weighted by Crippen LogP contribution is -2.08. The summed E-state index contributed by atoms with van der Waals surface area (Å²) >= 11 is 0. The first-order valence-corrected chi connectivity index (χ1v) is 5.21.